The molecule has 3 aromatic rings. The average molecular weight is 376 g/mol. The van der Waals surface area contributed by atoms with Crippen molar-refractivity contribution in [3.8, 4) is 0 Å². The van der Waals surface area contributed by atoms with Crippen molar-refractivity contribution in [2.24, 2.45) is 0 Å². The minimum atomic E-state index is -0.331. The van der Waals surface area contributed by atoms with Crippen LogP contribution >= 0.6 is 0 Å². The number of hydrogen-bond acceptors (Lipinski definition) is 4. The number of hydrogen-bond donors (Lipinski definition) is 2. The summed E-state index contributed by atoms with van der Waals surface area (Å²) in [4.78, 5) is 19.7. The summed E-state index contributed by atoms with van der Waals surface area (Å²) in [6.45, 7) is 0.975. The van der Waals surface area contributed by atoms with Gasteiger partial charge in [-0.05, 0) is 56.8 Å². The second kappa shape index (κ2) is 7.48. The summed E-state index contributed by atoms with van der Waals surface area (Å²) in [5.74, 6) is -0.237. The minimum Gasteiger partial charge on any atom is -0.511 e. The zero-order valence-electron chi connectivity index (χ0n) is 16.1. The van der Waals surface area contributed by atoms with E-state index in [1.807, 2.05) is 67.2 Å². The molecule has 4 rings (SSSR count). The highest BCUT2D eigenvalue weighted by atomic mass is 16.3. The largest absolute Gasteiger partial charge is 0.511 e. The van der Waals surface area contributed by atoms with E-state index in [9.17, 15) is 9.90 Å². The fourth-order valence-corrected chi connectivity index (χ4v) is 3.52. The minimum absolute atomic E-state index is 0.0935. The molecule has 1 amide bonds. The number of likely N-dealkylation sites (N-methyl/N-ethyl adjacent to an activating group) is 1. The van der Waals surface area contributed by atoms with Crippen LogP contribution in [-0.4, -0.2) is 45.9 Å². The first kappa shape index (κ1) is 18.3. The van der Waals surface area contributed by atoms with Crippen LogP contribution in [0.3, 0.4) is 0 Å². The van der Waals surface area contributed by atoms with E-state index >= 15 is 0 Å². The molecule has 0 saturated heterocycles. The second-order valence-electron chi connectivity index (χ2n) is 7.36. The maximum absolute atomic E-state index is 12.9. The molecule has 0 bridgehead atoms. The van der Waals surface area contributed by atoms with Gasteiger partial charge in [0.15, 0.2) is 0 Å². The Bertz CT molecular complexity index is 1050. The van der Waals surface area contributed by atoms with Gasteiger partial charge in [-0.1, -0.05) is 18.2 Å². The molecule has 2 aromatic heterocycles. The van der Waals surface area contributed by atoms with Gasteiger partial charge in [0.2, 0.25) is 0 Å². The summed E-state index contributed by atoms with van der Waals surface area (Å²) in [5, 5.41) is 13.3. The third-order valence-electron chi connectivity index (χ3n) is 5.04. The van der Waals surface area contributed by atoms with Crippen molar-refractivity contribution in [1.29, 1.82) is 0 Å². The lowest BCUT2D eigenvalue weighted by atomic mass is 9.97. The highest BCUT2D eigenvalue weighted by molar-refractivity contribution is 6.26. The Labute approximate surface area is 164 Å². The van der Waals surface area contributed by atoms with E-state index in [1.165, 1.54) is 5.56 Å². The van der Waals surface area contributed by atoms with Crippen molar-refractivity contribution in [2.45, 2.75) is 19.3 Å². The standard InChI is InChI=1S/C22H24N4O2/c1-25(2)14-12-15-6-8-16(9-7-15)23-22(28)20-18(27)11-10-17-21(20)24-19-5-3-4-13-26(17)19/h3-9,13,27H,10-12,14H2,1-2H3,(H,23,28). The van der Waals surface area contributed by atoms with Gasteiger partial charge in [-0.3, -0.25) is 4.79 Å². The highest BCUT2D eigenvalue weighted by Gasteiger charge is 2.28. The predicted molar refractivity (Wildman–Crippen MR) is 110 cm³/mol. The summed E-state index contributed by atoms with van der Waals surface area (Å²) in [6, 6.07) is 13.6. The van der Waals surface area contributed by atoms with Gasteiger partial charge >= 0.3 is 0 Å². The van der Waals surface area contributed by atoms with E-state index in [2.05, 4.69) is 15.2 Å². The number of amides is 1. The zero-order valence-corrected chi connectivity index (χ0v) is 16.1. The lowest BCUT2D eigenvalue weighted by Gasteiger charge is -2.16. The first-order valence-corrected chi connectivity index (χ1v) is 9.46. The number of carbonyl (C=O) groups excluding carboxylic acids is 1. The maximum Gasteiger partial charge on any atom is 0.261 e. The van der Waals surface area contributed by atoms with E-state index in [0.717, 1.165) is 24.3 Å². The molecule has 1 aliphatic carbocycles. The topological polar surface area (TPSA) is 69.9 Å². The maximum atomic E-state index is 12.9. The number of aliphatic hydroxyl groups excluding tert-OH is 1. The number of nitrogens with zero attached hydrogens (tertiary/aromatic N) is 3. The number of aromatic nitrogens is 2. The Morgan fingerprint density at radius 3 is 2.71 bits per heavy atom. The molecule has 0 fully saturated rings. The molecule has 6 heteroatoms. The van der Waals surface area contributed by atoms with Crippen LogP contribution in [0.2, 0.25) is 0 Å². The van der Waals surface area contributed by atoms with E-state index < -0.39 is 0 Å². The van der Waals surface area contributed by atoms with Gasteiger partial charge in [-0.2, -0.15) is 0 Å². The number of imidazole rings is 1. The molecular formula is C22H24N4O2. The van der Waals surface area contributed by atoms with E-state index in [4.69, 9.17) is 0 Å². The predicted octanol–water partition coefficient (Wildman–Crippen LogP) is 3.29. The molecule has 0 radical (unpaired) electrons. The van der Waals surface area contributed by atoms with Crippen LogP contribution in [0, 0.1) is 0 Å². The summed E-state index contributed by atoms with van der Waals surface area (Å²) in [7, 11) is 4.10. The highest BCUT2D eigenvalue weighted by Crippen LogP contribution is 2.31. The number of pyridine rings is 1. The van der Waals surface area contributed by atoms with Crippen molar-refractivity contribution in [3.63, 3.8) is 0 Å². The number of aryl methyl sites for hydroxylation is 1. The van der Waals surface area contributed by atoms with Crippen molar-refractivity contribution in [3.05, 3.63) is 71.4 Å². The average Bonchev–Trinajstić information content (AvgIpc) is 3.05. The number of aliphatic hydroxyl groups is 1. The lowest BCUT2D eigenvalue weighted by Crippen LogP contribution is -2.19. The smallest absolute Gasteiger partial charge is 0.261 e. The fourth-order valence-electron chi connectivity index (χ4n) is 3.52. The normalized spacial score (nSPS) is 13.8. The molecule has 0 atom stereocenters. The van der Waals surface area contributed by atoms with Crippen molar-refractivity contribution in [2.75, 3.05) is 26.0 Å². The van der Waals surface area contributed by atoms with Gasteiger partial charge in [0.1, 0.15) is 22.7 Å². The van der Waals surface area contributed by atoms with Crippen LogP contribution in [0.25, 0.3) is 11.2 Å². The SMILES string of the molecule is CN(C)CCc1ccc(NC(=O)C2=C(O)CCc3c2nc2ccccn32)cc1. The van der Waals surface area contributed by atoms with Crippen molar-refractivity contribution >= 4 is 22.8 Å². The first-order chi connectivity index (χ1) is 13.5. The Morgan fingerprint density at radius 2 is 1.96 bits per heavy atom. The van der Waals surface area contributed by atoms with Gasteiger partial charge in [-0.15, -0.1) is 0 Å². The monoisotopic (exact) mass is 376 g/mol. The molecular weight excluding hydrogens is 352 g/mol. The Morgan fingerprint density at radius 1 is 1.18 bits per heavy atom. The molecule has 0 saturated carbocycles. The number of benzene rings is 1. The third kappa shape index (κ3) is 3.51. The first-order valence-electron chi connectivity index (χ1n) is 9.46. The molecule has 2 heterocycles. The van der Waals surface area contributed by atoms with Crippen LogP contribution in [0.5, 0.6) is 0 Å². The molecule has 144 valence electrons. The molecule has 0 aliphatic heterocycles. The fraction of sp³-hybridized carbons (Fsp3) is 0.273. The molecule has 2 N–H and O–H groups in total. The van der Waals surface area contributed by atoms with Crippen LogP contribution in [0.4, 0.5) is 5.69 Å². The summed E-state index contributed by atoms with van der Waals surface area (Å²) in [6.07, 6.45) is 3.98. The van der Waals surface area contributed by atoms with E-state index in [0.29, 0.717) is 24.2 Å². The third-order valence-corrected chi connectivity index (χ3v) is 5.04. The van der Waals surface area contributed by atoms with Crippen molar-refractivity contribution in [1.82, 2.24) is 14.3 Å². The van der Waals surface area contributed by atoms with Gasteiger partial charge < -0.3 is 19.7 Å². The van der Waals surface area contributed by atoms with Gasteiger partial charge in [-0.25, -0.2) is 4.98 Å². The molecule has 6 nitrogen and oxygen atoms in total. The zero-order chi connectivity index (χ0) is 19.7. The second-order valence-corrected chi connectivity index (χ2v) is 7.36. The number of carbonyl (C=O) groups is 1. The quantitative estimate of drug-likeness (QED) is 0.717. The number of nitrogens with one attached hydrogen (secondary N) is 1. The van der Waals surface area contributed by atoms with Crippen molar-refractivity contribution < 1.29 is 9.90 Å². The number of allylic oxidation sites excluding steroid dienone is 1. The lowest BCUT2D eigenvalue weighted by molar-refractivity contribution is -0.111. The number of anilines is 1. The summed E-state index contributed by atoms with van der Waals surface area (Å²) >= 11 is 0. The van der Waals surface area contributed by atoms with E-state index in [-0.39, 0.29) is 17.2 Å². The summed E-state index contributed by atoms with van der Waals surface area (Å²) in [5.41, 5.74) is 4.48. The number of rotatable bonds is 5. The Balaban J connectivity index is 1.57. The summed E-state index contributed by atoms with van der Waals surface area (Å²) < 4.78 is 1.98. The van der Waals surface area contributed by atoms with Gasteiger partial charge in [0.05, 0.1) is 5.69 Å². The molecule has 0 spiro atoms. The Kier molecular flexibility index (Phi) is 4.88. The van der Waals surface area contributed by atoms with Gasteiger partial charge in [0.25, 0.3) is 5.91 Å². The van der Waals surface area contributed by atoms with Gasteiger partial charge in [0, 0.05) is 24.8 Å². The van der Waals surface area contributed by atoms with Crippen LogP contribution in [0.15, 0.2) is 54.4 Å². The van der Waals surface area contributed by atoms with Crippen LogP contribution in [0.1, 0.15) is 23.4 Å². The Hall–Kier alpha value is -3.12. The van der Waals surface area contributed by atoms with Crippen LogP contribution in [-0.2, 0) is 17.6 Å². The molecule has 1 aromatic carbocycles. The molecule has 1 aliphatic rings. The van der Waals surface area contributed by atoms with Crippen LogP contribution < -0.4 is 5.32 Å². The number of fused-ring (bicyclic) bond motifs is 3. The molecule has 28 heavy (non-hydrogen) atoms. The van der Waals surface area contributed by atoms with E-state index in [1.54, 1.807) is 0 Å². The molecule has 0 unspecified atom stereocenters.